The molecular formula is C6H15Cl3N2. The summed E-state index contributed by atoms with van der Waals surface area (Å²) in [5.74, 6) is 0.763. The van der Waals surface area contributed by atoms with E-state index in [4.69, 9.17) is 11.6 Å². The molecule has 0 saturated carbocycles. The van der Waals surface area contributed by atoms with Crippen molar-refractivity contribution in [3.05, 3.63) is 0 Å². The van der Waals surface area contributed by atoms with Crippen molar-refractivity contribution in [2.75, 3.05) is 25.5 Å². The summed E-state index contributed by atoms with van der Waals surface area (Å²) >= 11 is 5.57. The second kappa shape index (κ2) is 8.88. The molecule has 0 aromatic rings. The lowest BCUT2D eigenvalue weighted by Gasteiger charge is -2.23. The van der Waals surface area contributed by atoms with Crippen molar-refractivity contribution in [3.63, 3.8) is 0 Å². The number of halogens is 3. The zero-order valence-corrected chi connectivity index (χ0v) is 8.70. The van der Waals surface area contributed by atoms with Crippen molar-refractivity contribution in [2.45, 2.75) is 12.5 Å². The fourth-order valence-electron chi connectivity index (χ4n) is 1.05. The van der Waals surface area contributed by atoms with E-state index in [2.05, 4.69) is 10.6 Å². The lowest BCUT2D eigenvalue weighted by atomic mass is 10.2. The smallest absolute Gasteiger partial charge is 0.0238 e. The van der Waals surface area contributed by atoms with Gasteiger partial charge < -0.3 is 10.6 Å². The molecule has 1 unspecified atom stereocenters. The first-order valence-corrected chi connectivity index (χ1v) is 3.97. The highest BCUT2D eigenvalue weighted by atomic mass is 35.5. The maximum Gasteiger partial charge on any atom is 0.0238 e. The second-order valence-corrected chi connectivity index (χ2v) is 2.71. The highest BCUT2D eigenvalue weighted by Gasteiger charge is 2.09. The van der Waals surface area contributed by atoms with E-state index in [-0.39, 0.29) is 24.8 Å². The summed E-state index contributed by atoms with van der Waals surface area (Å²) in [6.45, 7) is 3.26. The number of hydrogen-bond acceptors (Lipinski definition) is 2. The van der Waals surface area contributed by atoms with E-state index in [9.17, 15) is 0 Å². The van der Waals surface area contributed by atoms with Crippen molar-refractivity contribution in [1.29, 1.82) is 0 Å². The van der Waals surface area contributed by atoms with Crippen LogP contribution in [-0.2, 0) is 0 Å². The van der Waals surface area contributed by atoms with Crippen molar-refractivity contribution in [3.8, 4) is 0 Å². The first kappa shape index (κ1) is 14.3. The maximum absolute atomic E-state index is 5.57. The minimum atomic E-state index is 0. The topological polar surface area (TPSA) is 24.1 Å². The highest BCUT2D eigenvalue weighted by molar-refractivity contribution is 6.17. The van der Waals surface area contributed by atoms with E-state index in [0.29, 0.717) is 6.04 Å². The second-order valence-electron chi connectivity index (χ2n) is 2.33. The van der Waals surface area contributed by atoms with Crippen LogP contribution in [-0.4, -0.2) is 31.6 Å². The van der Waals surface area contributed by atoms with Crippen LogP contribution in [0.3, 0.4) is 0 Å². The van der Waals surface area contributed by atoms with Gasteiger partial charge in [-0.1, -0.05) is 0 Å². The predicted octanol–water partition coefficient (Wildman–Crippen LogP) is 1.02. The number of piperazine rings is 1. The Kier molecular flexibility index (Phi) is 11.6. The van der Waals surface area contributed by atoms with E-state index in [0.717, 1.165) is 31.9 Å². The zero-order chi connectivity index (χ0) is 6.53. The van der Waals surface area contributed by atoms with Gasteiger partial charge in [0.25, 0.3) is 0 Å². The van der Waals surface area contributed by atoms with E-state index in [1.165, 1.54) is 0 Å². The van der Waals surface area contributed by atoms with Crippen LogP contribution in [0.25, 0.3) is 0 Å². The van der Waals surface area contributed by atoms with E-state index >= 15 is 0 Å². The van der Waals surface area contributed by atoms with Crippen LogP contribution in [0.15, 0.2) is 0 Å². The Balaban J connectivity index is 0. The van der Waals surface area contributed by atoms with Gasteiger partial charge in [-0.05, 0) is 6.42 Å². The molecule has 0 bridgehead atoms. The molecule has 11 heavy (non-hydrogen) atoms. The molecule has 0 amide bonds. The van der Waals surface area contributed by atoms with Gasteiger partial charge in [0.15, 0.2) is 0 Å². The molecule has 0 aliphatic carbocycles. The molecule has 5 heteroatoms. The lowest BCUT2D eigenvalue weighted by Crippen LogP contribution is -2.48. The third-order valence-electron chi connectivity index (χ3n) is 1.58. The summed E-state index contributed by atoms with van der Waals surface area (Å²) in [6.07, 6.45) is 1.08. The minimum Gasteiger partial charge on any atom is -0.314 e. The average Bonchev–Trinajstić information content (AvgIpc) is 1.91. The van der Waals surface area contributed by atoms with Gasteiger partial charge >= 0.3 is 0 Å². The Morgan fingerprint density at radius 2 is 2.00 bits per heavy atom. The van der Waals surface area contributed by atoms with Crippen LogP contribution in [0.1, 0.15) is 6.42 Å². The van der Waals surface area contributed by atoms with Crippen LogP contribution in [0.5, 0.6) is 0 Å². The Labute approximate surface area is 85.3 Å². The number of hydrogen-bond donors (Lipinski definition) is 2. The fourth-order valence-corrected chi connectivity index (χ4v) is 1.31. The standard InChI is InChI=1S/C6H13ClN2.2ClH/c7-2-1-6-5-8-3-4-9-6;;/h6,8-9H,1-5H2;2*1H. The minimum absolute atomic E-state index is 0. The van der Waals surface area contributed by atoms with Gasteiger partial charge in [-0.2, -0.15) is 0 Å². The molecule has 0 spiro atoms. The van der Waals surface area contributed by atoms with Crippen LogP contribution in [0.2, 0.25) is 0 Å². The Morgan fingerprint density at radius 3 is 2.45 bits per heavy atom. The molecule has 70 valence electrons. The third-order valence-corrected chi connectivity index (χ3v) is 1.80. The van der Waals surface area contributed by atoms with Crippen LogP contribution in [0.4, 0.5) is 0 Å². The normalized spacial score (nSPS) is 23.2. The quantitative estimate of drug-likeness (QED) is 0.681. The first-order chi connectivity index (χ1) is 4.43. The summed E-state index contributed by atoms with van der Waals surface area (Å²) in [4.78, 5) is 0. The van der Waals surface area contributed by atoms with Crippen molar-refractivity contribution in [2.24, 2.45) is 0 Å². The number of nitrogens with one attached hydrogen (secondary N) is 2. The molecule has 1 heterocycles. The molecule has 1 fully saturated rings. The molecule has 1 aliphatic rings. The molecule has 1 aliphatic heterocycles. The molecule has 0 radical (unpaired) electrons. The first-order valence-electron chi connectivity index (χ1n) is 3.43. The van der Waals surface area contributed by atoms with Crippen molar-refractivity contribution < 1.29 is 0 Å². The van der Waals surface area contributed by atoms with Gasteiger partial charge in [-0.25, -0.2) is 0 Å². The molecule has 1 saturated heterocycles. The van der Waals surface area contributed by atoms with Gasteiger partial charge in [0.2, 0.25) is 0 Å². The number of alkyl halides is 1. The molecule has 2 nitrogen and oxygen atoms in total. The van der Waals surface area contributed by atoms with Crippen molar-refractivity contribution >= 4 is 36.4 Å². The van der Waals surface area contributed by atoms with Gasteiger partial charge in [0.1, 0.15) is 0 Å². The van der Waals surface area contributed by atoms with Crippen LogP contribution in [0, 0.1) is 0 Å². The molecular weight excluding hydrogens is 206 g/mol. The molecule has 2 N–H and O–H groups in total. The van der Waals surface area contributed by atoms with E-state index in [1.807, 2.05) is 0 Å². The molecule has 1 rings (SSSR count). The molecule has 0 aromatic heterocycles. The summed E-state index contributed by atoms with van der Waals surface area (Å²) < 4.78 is 0. The Hall–Kier alpha value is 0.790. The monoisotopic (exact) mass is 220 g/mol. The van der Waals surface area contributed by atoms with E-state index < -0.39 is 0 Å². The zero-order valence-electron chi connectivity index (χ0n) is 6.31. The third kappa shape index (κ3) is 6.00. The molecule has 0 aromatic carbocycles. The van der Waals surface area contributed by atoms with Crippen LogP contribution < -0.4 is 10.6 Å². The number of rotatable bonds is 2. The fraction of sp³-hybridized carbons (Fsp3) is 1.00. The van der Waals surface area contributed by atoms with Crippen LogP contribution >= 0.6 is 36.4 Å². The van der Waals surface area contributed by atoms with Gasteiger partial charge in [0.05, 0.1) is 0 Å². The van der Waals surface area contributed by atoms with E-state index in [1.54, 1.807) is 0 Å². The summed E-state index contributed by atoms with van der Waals surface area (Å²) in [6, 6.07) is 0.608. The van der Waals surface area contributed by atoms with Crippen molar-refractivity contribution in [1.82, 2.24) is 10.6 Å². The SMILES string of the molecule is Cl.Cl.ClCCC1CNCCN1. The van der Waals surface area contributed by atoms with Gasteiger partial charge in [0, 0.05) is 31.6 Å². The summed E-state index contributed by atoms with van der Waals surface area (Å²) in [5.41, 5.74) is 0. The highest BCUT2D eigenvalue weighted by Crippen LogP contribution is 1.94. The predicted molar refractivity (Wildman–Crippen MR) is 54.5 cm³/mol. The Morgan fingerprint density at radius 1 is 1.27 bits per heavy atom. The Bertz CT molecular complexity index is 73.5. The van der Waals surface area contributed by atoms with Gasteiger partial charge in [-0.15, -0.1) is 36.4 Å². The molecule has 1 atom stereocenters. The maximum atomic E-state index is 5.57. The van der Waals surface area contributed by atoms with Gasteiger partial charge in [-0.3, -0.25) is 0 Å². The average molecular weight is 222 g/mol. The lowest BCUT2D eigenvalue weighted by molar-refractivity contribution is 0.411. The largest absolute Gasteiger partial charge is 0.314 e. The summed E-state index contributed by atoms with van der Waals surface area (Å²) in [5, 5.41) is 6.67. The summed E-state index contributed by atoms with van der Waals surface area (Å²) in [7, 11) is 0.